The van der Waals surface area contributed by atoms with Crippen LogP contribution in [0.15, 0.2) is 0 Å². The molecule has 1 rings (SSSR count). The predicted octanol–water partition coefficient (Wildman–Crippen LogP) is 1.75. The van der Waals surface area contributed by atoms with Gasteiger partial charge in [0.1, 0.15) is 6.10 Å². The van der Waals surface area contributed by atoms with Crippen molar-refractivity contribution in [2.45, 2.75) is 39.2 Å². The van der Waals surface area contributed by atoms with E-state index in [9.17, 15) is 4.79 Å². The van der Waals surface area contributed by atoms with Crippen molar-refractivity contribution in [3.8, 4) is 0 Å². The number of hydrogen-bond acceptors (Lipinski definition) is 3. The van der Waals surface area contributed by atoms with Gasteiger partial charge in [-0.3, -0.25) is 4.79 Å². The third kappa shape index (κ3) is 2.99. The second-order valence-corrected chi connectivity index (χ2v) is 3.44. The van der Waals surface area contributed by atoms with Crippen LogP contribution in [0.3, 0.4) is 0 Å². The average molecular weight is 186 g/mol. The number of cyclic esters (lactones) is 1. The molecule has 13 heavy (non-hydrogen) atoms. The van der Waals surface area contributed by atoms with Crippen LogP contribution in [-0.2, 0) is 14.3 Å². The number of hydrogen-bond donors (Lipinski definition) is 0. The maximum absolute atomic E-state index is 11.3. The summed E-state index contributed by atoms with van der Waals surface area (Å²) < 4.78 is 10.4. The molecule has 3 heteroatoms. The zero-order chi connectivity index (χ0) is 9.68. The Hall–Kier alpha value is -0.570. The molecule has 1 aliphatic rings. The van der Waals surface area contributed by atoms with Crippen LogP contribution in [0.5, 0.6) is 0 Å². The lowest BCUT2D eigenvalue weighted by Gasteiger charge is -2.07. The van der Waals surface area contributed by atoms with Gasteiger partial charge in [0.15, 0.2) is 0 Å². The molecule has 0 aromatic rings. The van der Waals surface area contributed by atoms with Gasteiger partial charge in [0, 0.05) is 6.61 Å². The number of esters is 1. The molecule has 76 valence electrons. The lowest BCUT2D eigenvalue weighted by Crippen LogP contribution is -2.14. The molecule has 0 aromatic heterocycles. The lowest BCUT2D eigenvalue weighted by molar-refractivity contribution is -0.146. The first kappa shape index (κ1) is 10.5. The van der Waals surface area contributed by atoms with Gasteiger partial charge in [-0.15, -0.1) is 0 Å². The summed E-state index contributed by atoms with van der Waals surface area (Å²) in [5.41, 5.74) is 0. The topological polar surface area (TPSA) is 35.5 Å². The van der Waals surface area contributed by atoms with E-state index in [1.165, 1.54) is 0 Å². The van der Waals surface area contributed by atoms with E-state index in [0.717, 1.165) is 19.3 Å². The van der Waals surface area contributed by atoms with Gasteiger partial charge in [-0.1, -0.05) is 13.3 Å². The van der Waals surface area contributed by atoms with Gasteiger partial charge >= 0.3 is 5.97 Å². The van der Waals surface area contributed by atoms with Crippen molar-refractivity contribution in [3.63, 3.8) is 0 Å². The van der Waals surface area contributed by atoms with E-state index >= 15 is 0 Å². The molecule has 0 aromatic carbocycles. The van der Waals surface area contributed by atoms with E-state index in [0.29, 0.717) is 13.2 Å². The summed E-state index contributed by atoms with van der Waals surface area (Å²) >= 11 is 0. The molecule has 0 saturated carbocycles. The minimum Gasteiger partial charge on any atom is -0.460 e. The lowest BCUT2D eigenvalue weighted by atomic mass is 10.0. The van der Waals surface area contributed by atoms with Crippen LogP contribution in [0.25, 0.3) is 0 Å². The van der Waals surface area contributed by atoms with Crippen molar-refractivity contribution >= 4 is 5.97 Å². The van der Waals surface area contributed by atoms with Crippen LogP contribution in [0, 0.1) is 5.92 Å². The highest BCUT2D eigenvalue weighted by atomic mass is 16.6. The molecule has 1 saturated heterocycles. The van der Waals surface area contributed by atoms with E-state index < -0.39 is 0 Å². The van der Waals surface area contributed by atoms with E-state index in [2.05, 4.69) is 6.92 Å². The van der Waals surface area contributed by atoms with Crippen LogP contribution >= 0.6 is 0 Å². The van der Waals surface area contributed by atoms with E-state index in [-0.39, 0.29) is 18.0 Å². The summed E-state index contributed by atoms with van der Waals surface area (Å²) in [6.45, 7) is 5.28. The van der Waals surface area contributed by atoms with Gasteiger partial charge in [-0.05, 0) is 19.8 Å². The third-order valence-electron chi connectivity index (χ3n) is 2.31. The molecule has 0 spiro atoms. The molecular formula is C10H18O3. The summed E-state index contributed by atoms with van der Waals surface area (Å²) in [6.07, 6.45) is 2.83. The number of rotatable bonds is 5. The molecule has 0 amide bonds. The van der Waals surface area contributed by atoms with Gasteiger partial charge in [0.2, 0.25) is 0 Å². The van der Waals surface area contributed by atoms with Gasteiger partial charge < -0.3 is 9.47 Å². The van der Waals surface area contributed by atoms with Gasteiger partial charge in [-0.2, -0.15) is 0 Å². The number of carbonyl (C=O) groups is 1. The standard InChI is InChI=1S/C10H18O3/c1-3-5-8-6-9(7-12-4-2)13-10(8)11/h8-9H,3-7H2,1-2H3. The maximum Gasteiger partial charge on any atom is 0.309 e. The van der Waals surface area contributed by atoms with Crippen molar-refractivity contribution in [3.05, 3.63) is 0 Å². The van der Waals surface area contributed by atoms with Crippen molar-refractivity contribution < 1.29 is 14.3 Å². The maximum atomic E-state index is 11.3. The quantitative estimate of drug-likeness (QED) is 0.614. The molecular weight excluding hydrogens is 168 g/mol. The minimum absolute atomic E-state index is 0.00370. The summed E-state index contributed by atoms with van der Waals surface area (Å²) in [5, 5.41) is 0. The van der Waals surface area contributed by atoms with Gasteiger partial charge in [-0.25, -0.2) is 0 Å². The normalized spacial score (nSPS) is 27.7. The highest BCUT2D eigenvalue weighted by molar-refractivity contribution is 5.74. The van der Waals surface area contributed by atoms with Crippen LogP contribution < -0.4 is 0 Å². The Bertz CT molecular complexity index is 168. The molecule has 1 fully saturated rings. The molecule has 1 heterocycles. The highest BCUT2D eigenvalue weighted by Crippen LogP contribution is 2.25. The van der Waals surface area contributed by atoms with E-state index in [1.807, 2.05) is 6.92 Å². The fourth-order valence-electron chi connectivity index (χ4n) is 1.66. The number of ether oxygens (including phenoxy) is 2. The Labute approximate surface area is 79.4 Å². The third-order valence-corrected chi connectivity index (χ3v) is 2.31. The van der Waals surface area contributed by atoms with Crippen LogP contribution in [0.1, 0.15) is 33.1 Å². The second kappa shape index (κ2) is 5.22. The second-order valence-electron chi connectivity index (χ2n) is 3.44. The summed E-state index contributed by atoms with van der Waals surface area (Å²) in [5.74, 6) is 0.0852. The van der Waals surface area contributed by atoms with E-state index in [4.69, 9.17) is 9.47 Å². The van der Waals surface area contributed by atoms with Crippen molar-refractivity contribution in [1.29, 1.82) is 0 Å². The SMILES string of the molecule is CCCC1CC(COCC)OC1=O. The monoisotopic (exact) mass is 186 g/mol. The van der Waals surface area contributed by atoms with E-state index in [1.54, 1.807) is 0 Å². The Morgan fingerprint density at radius 2 is 2.31 bits per heavy atom. The summed E-state index contributed by atoms with van der Waals surface area (Å²) in [7, 11) is 0. The van der Waals surface area contributed by atoms with Crippen LogP contribution in [0.2, 0.25) is 0 Å². The molecule has 2 unspecified atom stereocenters. The van der Waals surface area contributed by atoms with Crippen molar-refractivity contribution in [2.24, 2.45) is 5.92 Å². The van der Waals surface area contributed by atoms with Crippen molar-refractivity contribution in [1.82, 2.24) is 0 Å². The van der Waals surface area contributed by atoms with Gasteiger partial charge in [0.25, 0.3) is 0 Å². The Kier molecular flexibility index (Phi) is 4.22. The molecule has 0 bridgehead atoms. The Morgan fingerprint density at radius 3 is 2.92 bits per heavy atom. The summed E-state index contributed by atoms with van der Waals surface area (Å²) in [6, 6.07) is 0. The Balaban J connectivity index is 2.27. The smallest absolute Gasteiger partial charge is 0.309 e. The fraction of sp³-hybridized carbons (Fsp3) is 0.900. The summed E-state index contributed by atoms with van der Waals surface area (Å²) in [4.78, 5) is 11.3. The Morgan fingerprint density at radius 1 is 1.54 bits per heavy atom. The minimum atomic E-state index is -0.0356. The van der Waals surface area contributed by atoms with Crippen molar-refractivity contribution in [2.75, 3.05) is 13.2 Å². The zero-order valence-corrected chi connectivity index (χ0v) is 8.41. The van der Waals surface area contributed by atoms with Crippen LogP contribution in [-0.4, -0.2) is 25.3 Å². The molecule has 0 aliphatic carbocycles. The largest absolute Gasteiger partial charge is 0.460 e. The average Bonchev–Trinajstić information content (AvgIpc) is 2.45. The first-order chi connectivity index (χ1) is 6.27. The predicted molar refractivity (Wildman–Crippen MR) is 49.4 cm³/mol. The van der Waals surface area contributed by atoms with Crippen LogP contribution in [0.4, 0.5) is 0 Å². The number of carbonyl (C=O) groups excluding carboxylic acids is 1. The zero-order valence-electron chi connectivity index (χ0n) is 8.41. The molecule has 3 nitrogen and oxygen atoms in total. The molecule has 0 radical (unpaired) electrons. The molecule has 2 atom stereocenters. The first-order valence-corrected chi connectivity index (χ1v) is 5.06. The molecule has 1 aliphatic heterocycles. The first-order valence-electron chi connectivity index (χ1n) is 5.06. The molecule has 0 N–H and O–H groups in total. The highest BCUT2D eigenvalue weighted by Gasteiger charge is 2.33. The fourth-order valence-corrected chi connectivity index (χ4v) is 1.66. The van der Waals surface area contributed by atoms with Gasteiger partial charge in [0.05, 0.1) is 12.5 Å².